The minimum absolute atomic E-state index is 0.311. The molecule has 0 heterocycles. The Morgan fingerprint density at radius 3 is 1.52 bits per heavy atom. The van der Waals surface area contributed by atoms with Gasteiger partial charge in [-0.05, 0) is 12.8 Å². The van der Waals surface area contributed by atoms with E-state index >= 15 is 0 Å². The fraction of sp³-hybridized carbons (Fsp3) is 0.938. The summed E-state index contributed by atoms with van der Waals surface area (Å²) in [6, 6.07) is 0. The minimum Gasteiger partial charge on any atom is -0.396 e. The molecule has 0 radical (unpaired) electrons. The molecule has 5 nitrogen and oxygen atoms in total. The van der Waals surface area contributed by atoms with Gasteiger partial charge in [0.25, 0.3) is 0 Å². The molecule has 5 N–H and O–H groups in total. The quantitative estimate of drug-likeness (QED) is 0.347. The SMILES string of the molecule is NC(=O)C(O)C(O)CCCCCCCCCCCCCO. The van der Waals surface area contributed by atoms with E-state index in [9.17, 15) is 15.0 Å². The Hall–Kier alpha value is -0.650. The van der Waals surface area contributed by atoms with Crippen molar-refractivity contribution in [1.29, 1.82) is 0 Å². The third kappa shape index (κ3) is 12.8. The zero-order chi connectivity index (χ0) is 15.9. The molecule has 0 fully saturated rings. The molecule has 0 bridgehead atoms. The molecule has 0 aromatic rings. The highest BCUT2D eigenvalue weighted by atomic mass is 16.3. The zero-order valence-electron chi connectivity index (χ0n) is 13.2. The van der Waals surface area contributed by atoms with Gasteiger partial charge in [0.05, 0.1) is 6.10 Å². The van der Waals surface area contributed by atoms with Crippen molar-refractivity contribution in [2.75, 3.05) is 6.61 Å². The van der Waals surface area contributed by atoms with Crippen molar-refractivity contribution < 1.29 is 20.1 Å². The van der Waals surface area contributed by atoms with Gasteiger partial charge >= 0.3 is 0 Å². The normalized spacial score (nSPS) is 14.0. The molecular formula is C16H33NO4. The largest absolute Gasteiger partial charge is 0.396 e. The summed E-state index contributed by atoms with van der Waals surface area (Å²) in [6.07, 6.45) is 10.4. The van der Waals surface area contributed by atoms with Crippen molar-refractivity contribution in [3.63, 3.8) is 0 Å². The third-order valence-electron chi connectivity index (χ3n) is 3.81. The number of primary amides is 1. The van der Waals surface area contributed by atoms with Gasteiger partial charge in [-0.3, -0.25) is 4.79 Å². The molecule has 126 valence electrons. The summed E-state index contributed by atoms with van der Waals surface area (Å²) < 4.78 is 0. The Balaban J connectivity index is 3.20. The number of rotatable bonds is 15. The Morgan fingerprint density at radius 1 is 0.762 bits per heavy atom. The average molecular weight is 303 g/mol. The Labute approximate surface area is 128 Å². The molecule has 0 aromatic carbocycles. The maximum Gasteiger partial charge on any atom is 0.248 e. The standard InChI is InChI=1S/C16H33NO4/c17-16(21)15(20)14(19)12-10-8-6-4-2-1-3-5-7-9-11-13-18/h14-15,18-20H,1-13H2,(H2,17,21). The van der Waals surface area contributed by atoms with Gasteiger partial charge < -0.3 is 21.1 Å². The van der Waals surface area contributed by atoms with E-state index in [1.165, 1.54) is 38.5 Å². The second kappa shape index (κ2) is 14.3. The fourth-order valence-electron chi connectivity index (χ4n) is 2.40. The van der Waals surface area contributed by atoms with Crippen molar-refractivity contribution in [2.24, 2.45) is 5.73 Å². The maximum absolute atomic E-state index is 10.7. The molecule has 0 aromatic heterocycles. The van der Waals surface area contributed by atoms with Gasteiger partial charge in [0, 0.05) is 6.61 Å². The molecule has 0 aliphatic rings. The summed E-state index contributed by atoms with van der Waals surface area (Å²) in [5.74, 6) is -0.860. The zero-order valence-corrected chi connectivity index (χ0v) is 13.2. The van der Waals surface area contributed by atoms with Crippen LogP contribution in [0.25, 0.3) is 0 Å². The van der Waals surface area contributed by atoms with Gasteiger partial charge in [0.15, 0.2) is 6.10 Å². The van der Waals surface area contributed by atoms with E-state index in [-0.39, 0.29) is 0 Å². The van der Waals surface area contributed by atoms with E-state index < -0.39 is 18.1 Å². The van der Waals surface area contributed by atoms with Crippen molar-refractivity contribution in [2.45, 2.75) is 89.3 Å². The second-order valence-electron chi connectivity index (χ2n) is 5.82. The Kier molecular flexibility index (Phi) is 13.9. The van der Waals surface area contributed by atoms with Crippen LogP contribution in [0.3, 0.4) is 0 Å². The van der Waals surface area contributed by atoms with Crippen molar-refractivity contribution in [3.8, 4) is 0 Å². The number of hydrogen-bond donors (Lipinski definition) is 4. The molecule has 0 saturated heterocycles. The minimum atomic E-state index is -1.43. The van der Waals surface area contributed by atoms with E-state index in [0.29, 0.717) is 13.0 Å². The van der Waals surface area contributed by atoms with Gasteiger partial charge in [0.1, 0.15) is 0 Å². The summed E-state index contributed by atoms with van der Waals surface area (Å²) in [5.41, 5.74) is 4.91. The molecule has 2 atom stereocenters. The summed E-state index contributed by atoms with van der Waals surface area (Å²) in [7, 11) is 0. The molecule has 1 amide bonds. The summed E-state index contributed by atoms with van der Waals surface area (Å²) >= 11 is 0. The van der Waals surface area contributed by atoms with Crippen LogP contribution in [0.2, 0.25) is 0 Å². The number of carbonyl (C=O) groups excluding carboxylic acids is 1. The van der Waals surface area contributed by atoms with Gasteiger partial charge in [-0.25, -0.2) is 0 Å². The number of unbranched alkanes of at least 4 members (excludes halogenated alkanes) is 10. The molecule has 21 heavy (non-hydrogen) atoms. The molecule has 5 heteroatoms. The first kappa shape index (κ1) is 20.3. The van der Waals surface area contributed by atoms with E-state index in [1.807, 2.05) is 0 Å². The van der Waals surface area contributed by atoms with Crippen LogP contribution >= 0.6 is 0 Å². The fourth-order valence-corrected chi connectivity index (χ4v) is 2.40. The lowest BCUT2D eigenvalue weighted by molar-refractivity contribution is -0.131. The van der Waals surface area contributed by atoms with Crippen LogP contribution in [0.4, 0.5) is 0 Å². The predicted molar refractivity (Wildman–Crippen MR) is 83.7 cm³/mol. The first-order chi connectivity index (χ1) is 10.1. The van der Waals surface area contributed by atoms with Crippen molar-refractivity contribution in [1.82, 2.24) is 0 Å². The summed E-state index contributed by atoms with van der Waals surface area (Å²) in [6.45, 7) is 0.311. The predicted octanol–water partition coefficient (Wildman–Crippen LogP) is 1.87. The highest BCUT2D eigenvalue weighted by Crippen LogP contribution is 2.13. The van der Waals surface area contributed by atoms with E-state index in [0.717, 1.165) is 32.1 Å². The summed E-state index contributed by atoms with van der Waals surface area (Å²) in [5, 5.41) is 27.4. The van der Waals surface area contributed by atoms with Gasteiger partial charge in [-0.15, -0.1) is 0 Å². The Bertz CT molecular complexity index is 248. The first-order valence-corrected chi connectivity index (χ1v) is 8.36. The molecule has 0 saturated carbocycles. The van der Waals surface area contributed by atoms with Crippen molar-refractivity contribution in [3.05, 3.63) is 0 Å². The van der Waals surface area contributed by atoms with Gasteiger partial charge in [-0.2, -0.15) is 0 Å². The second-order valence-corrected chi connectivity index (χ2v) is 5.82. The van der Waals surface area contributed by atoms with Crippen LogP contribution in [-0.4, -0.2) is 40.0 Å². The average Bonchev–Trinajstić information content (AvgIpc) is 2.47. The van der Waals surface area contributed by atoms with Gasteiger partial charge in [-0.1, -0.05) is 64.2 Å². The smallest absolute Gasteiger partial charge is 0.248 e. The molecule has 0 rings (SSSR count). The lowest BCUT2D eigenvalue weighted by Gasteiger charge is -2.14. The lowest BCUT2D eigenvalue weighted by atomic mass is 10.0. The number of hydrogen-bond acceptors (Lipinski definition) is 4. The molecule has 0 aliphatic heterocycles. The lowest BCUT2D eigenvalue weighted by Crippen LogP contribution is -2.38. The van der Waals surface area contributed by atoms with E-state index in [1.54, 1.807) is 0 Å². The molecule has 2 unspecified atom stereocenters. The topological polar surface area (TPSA) is 104 Å². The number of aliphatic hydroxyl groups excluding tert-OH is 3. The number of amides is 1. The van der Waals surface area contributed by atoms with Crippen LogP contribution in [0.5, 0.6) is 0 Å². The van der Waals surface area contributed by atoms with E-state index in [2.05, 4.69) is 0 Å². The van der Waals surface area contributed by atoms with Crippen LogP contribution in [0.1, 0.15) is 77.0 Å². The maximum atomic E-state index is 10.7. The van der Waals surface area contributed by atoms with Gasteiger partial charge in [0.2, 0.25) is 5.91 Å². The third-order valence-corrected chi connectivity index (χ3v) is 3.81. The molecular weight excluding hydrogens is 270 g/mol. The van der Waals surface area contributed by atoms with Crippen LogP contribution < -0.4 is 5.73 Å². The molecule has 0 aliphatic carbocycles. The molecule has 0 spiro atoms. The van der Waals surface area contributed by atoms with Crippen LogP contribution in [-0.2, 0) is 4.79 Å². The first-order valence-electron chi connectivity index (χ1n) is 8.36. The number of carbonyl (C=O) groups is 1. The van der Waals surface area contributed by atoms with Crippen LogP contribution in [0, 0.1) is 0 Å². The Morgan fingerprint density at radius 2 is 1.14 bits per heavy atom. The summed E-state index contributed by atoms with van der Waals surface area (Å²) in [4.78, 5) is 10.7. The monoisotopic (exact) mass is 303 g/mol. The van der Waals surface area contributed by atoms with E-state index in [4.69, 9.17) is 10.8 Å². The van der Waals surface area contributed by atoms with Crippen LogP contribution in [0.15, 0.2) is 0 Å². The number of aliphatic hydroxyl groups is 3. The van der Waals surface area contributed by atoms with Crippen molar-refractivity contribution >= 4 is 5.91 Å². The number of nitrogens with two attached hydrogens (primary N) is 1. The highest BCUT2D eigenvalue weighted by molar-refractivity contribution is 5.79. The highest BCUT2D eigenvalue weighted by Gasteiger charge is 2.20.